The highest BCUT2D eigenvalue weighted by molar-refractivity contribution is 9.09. The second-order valence-corrected chi connectivity index (χ2v) is 7.18. The van der Waals surface area contributed by atoms with Gasteiger partial charge < -0.3 is 19.2 Å². The maximum absolute atomic E-state index is 11.9. The van der Waals surface area contributed by atoms with Gasteiger partial charge in [-0.25, -0.2) is 0 Å². The minimum atomic E-state index is -0.308. The number of aromatic amines is 1. The maximum Gasteiger partial charge on any atom is 0.248 e. The molecule has 1 aromatic heterocycles. The molecule has 1 heterocycles. The summed E-state index contributed by atoms with van der Waals surface area (Å²) < 4.78 is 17.7. The van der Waals surface area contributed by atoms with Crippen molar-refractivity contribution in [3.05, 3.63) is 40.2 Å². The van der Waals surface area contributed by atoms with Crippen molar-refractivity contribution < 1.29 is 14.2 Å². The van der Waals surface area contributed by atoms with Gasteiger partial charge in [-0.2, -0.15) is 0 Å². The maximum atomic E-state index is 11.9. The first-order valence-electron chi connectivity index (χ1n) is 9.72. The fourth-order valence-corrected chi connectivity index (χ4v) is 3.33. The van der Waals surface area contributed by atoms with Crippen molar-refractivity contribution >= 4 is 26.8 Å². The number of hydrogen-bond acceptors (Lipinski definition) is 4. The van der Waals surface area contributed by atoms with Crippen LogP contribution in [0, 0.1) is 0 Å². The number of rotatable bonds is 12. The van der Waals surface area contributed by atoms with Crippen LogP contribution in [0.3, 0.4) is 0 Å². The molecule has 2 aromatic rings. The molecule has 2 atom stereocenters. The molecule has 0 radical (unpaired) electrons. The number of alkyl halides is 1. The first-order chi connectivity index (χ1) is 13.1. The molecule has 1 N–H and O–H groups in total. The van der Waals surface area contributed by atoms with Crippen LogP contribution in [-0.2, 0) is 9.47 Å². The lowest BCUT2D eigenvalue weighted by Gasteiger charge is -2.23. The zero-order valence-corrected chi connectivity index (χ0v) is 18.0. The fourth-order valence-electron chi connectivity index (χ4n) is 2.83. The minimum Gasteiger partial charge on any atom is -0.491 e. The second-order valence-electron chi connectivity index (χ2n) is 6.54. The van der Waals surface area contributed by atoms with E-state index in [0.717, 1.165) is 36.6 Å². The van der Waals surface area contributed by atoms with Crippen molar-refractivity contribution in [2.45, 2.75) is 58.8 Å². The summed E-state index contributed by atoms with van der Waals surface area (Å²) in [6, 6.07) is 7.28. The summed E-state index contributed by atoms with van der Waals surface area (Å²) in [5.41, 5.74) is 1.56. The Morgan fingerprint density at radius 2 is 1.81 bits per heavy atom. The lowest BCUT2D eigenvalue weighted by atomic mass is 10.0. The highest BCUT2D eigenvalue weighted by Crippen LogP contribution is 2.33. The topological polar surface area (TPSA) is 60.6 Å². The molecule has 0 spiro atoms. The van der Waals surface area contributed by atoms with Crippen molar-refractivity contribution in [2.75, 3.05) is 18.5 Å². The number of benzene rings is 1. The quantitative estimate of drug-likeness (QED) is 0.276. The van der Waals surface area contributed by atoms with Crippen molar-refractivity contribution in [3.8, 4) is 5.75 Å². The summed E-state index contributed by atoms with van der Waals surface area (Å²) in [4.78, 5) is 14.8. The molecule has 2 rings (SSSR count). The molecule has 0 saturated heterocycles. The van der Waals surface area contributed by atoms with Crippen LogP contribution < -0.4 is 10.3 Å². The van der Waals surface area contributed by atoms with Gasteiger partial charge in [-0.3, -0.25) is 4.79 Å². The summed E-state index contributed by atoms with van der Waals surface area (Å²) in [6.45, 7) is 7.48. The molecule has 0 amide bonds. The SMILES string of the molecule is CCCCOc1ccc(C(CBr)OC(C)OCCCC)c2ccc(=O)[nH]c12. The van der Waals surface area contributed by atoms with E-state index in [1.165, 1.54) is 6.07 Å². The molecule has 2 unspecified atom stereocenters. The van der Waals surface area contributed by atoms with Crippen LogP contribution >= 0.6 is 15.9 Å². The Hall–Kier alpha value is -1.37. The highest BCUT2D eigenvalue weighted by atomic mass is 79.9. The Morgan fingerprint density at radius 1 is 1.07 bits per heavy atom. The van der Waals surface area contributed by atoms with Gasteiger partial charge in [0.1, 0.15) is 5.75 Å². The summed E-state index contributed by atoms with van der Waals surface area (Å²) >= 11 is 3.55. The summed E-state index contributed by atoms with van der Waals surface area (Å²) in [6.07, 6.45) is 3.63. The summed E-state index contributed by atoms with van der Waals surface area (Å²) in [7, 11) is 0. The van der Waals surface area contributed by atoms with Crippen LogP contribution in [0.15, 0.2) is 29.1 Å². The number of ether oxygens (including phenoxy) is 3. The van der Waals surface area contributed by atoms with Gasteiger partial charge in [0.05, 0.1) is 18.2 Å². The smallest absolute Gasteiger partial charge is 0.248 e. The Morgan fingerprint density at radius 3 is 2.52 bits per heavy atom. The van der Waals surface area contributed by atoms with E-state index in [4.69, 9.17) is 14.2 Å². The summed E-state index contributed by atoms with van der Waals surface area (Å²) in [5, 5.41) is 1.55. The van der Waals surface area contributed by atoms with E-state index in [1.807, 2.05) is 25.1 Å². The average Bonchev–Trinajstić information content (AvgIpc) is 2.67. The first kappa shape index (κ1) is 21.9. The van der Waals surface area contributed by atoms with Crippen molar-refractivity contribution in [2.24, 2.45) is 0 Å². The van der Waals surface area contributed by atoms with E-state index in [1.54, 1.807) is 0 Å². The van der Waals surface area contributed by atoms with Crippen LogP contribution in [0.2, 0.25) is 0 Å². The van der Waals surface area contributed by atoms with E-state index >= 15 is 0 Å². The van der Waals surface area contributed by atoms with Gasteiger partial charge in [0.25, 0.3) is 0 Å². The number of H-pyrrole nitrogens is 1. The third kappa shape index (κ3) is 6.33. The van der Waals surface area contributed by atoms with Crippen LogP contribution in [-0.4, -0.2) is 29.8 Å². The highest BCUT2D eigenvalue weighted by Gasteiger charge is 2.19. The fraction of sp³-hybridized carbons (Fsp3) is 0.571. The number of unbranched alkanes of at least 4 members (excludes halogenated alkanes) is 2. The van der Waals surface area contributed by atoms with Gasteiger partial charge in [0, 0.05) is 23.4 Å². The number of pyridine rings is 1. The number of fused-ring (bicyclic) bond motifs is 1. The molecular weight excluding hydrogens is 410 g/mol. The third-order valence-electron chi connectivity index (χ3n) is 4.34. The second kappa shape index (κ2) is 11.5. The van der Waals surface area contributed by atoms with Gasteiger partial charge in [-0.1, -0.05) is 48.7 Å². The average molecular weight is 440 g/mol. The molecular formula is C21H30BrNO4. The Labute approximate surface area is 169 Å². The minimum absolute atomic E-state index is 0.146. The van der Waals surface area contributed by atoms with Gasteiger partial charge >= 0.3 is 0 Å². The molecule has 1 aromatic carbocycles. The molecule has 0 fully saturated rings. The van der Waals surface area contributed by atoms with Crippen molar-refractivity contribution in [1.82, 2.24) is 4.98 Å². The van der Waals surface area contributed by atoms with Gasteiger partial charge in [-0.05, 0) is 37.5 Å². The molecule has 150 valence electrons. The van der Waals surface area contributed by atoms with Crippen LogP contribution in [0.25, 0.3) is 10.9 Å². The van der Waals surface area contributed by atoms with Crippen LogP contribution in [0.5, 0.6) is 5.75 Å². The molecule has 0 aliphatic carbocycles. The lowest BCUT2D eigenvalue weighted by Crippen LogP contribution is -2.19. The Kier molecular flexibility index (Phi) is 9.31. The van der Waals surface area contributed by atoms with E-state index in [9.17, 15) is 4.79 Å². The first-order valence-corrected chi connectivity index (χ1v) is 10.8. The molecule has 5 nitrogen and oxygen atoms in total. The molecule has 0 saturated carbocycles. The molecule has 6 heteroatoms. The monoisotopic (exact) mass is 439 g/mol. The van der Waals surface area contributed by atoms with E-state index in [2.05, 4.69) is 34.8 Å². The number of aromatic nitrogens is 1. The van der Waals surface area contributed by atoms with Gasteiger partial charge in [0.15, 0.2) is 6.29 Å². The standard InChI is InChI=1S/C21H30BrNO4/c1-4-6-12-25-15(3)27-19(14-22)16-8-10-18(26-13-7-5-2)21-17(16)9-11-20(24)23-21/h8-11,15,19H,4-7,12-14H2,1-3H3,(H,23,24). The molecule has 0 aliphatic rings. The normalized spacial score (nSPS) is 13.6. The van der Waals surface area contributed by atoms with E-state index < -0.39 is 0 Å². The summed E-state index contributed by atoms with van der Waals surface area (Å²) in [5.74, 6) is 0.695. The Balaban J connectivity index is 2.28. The number of hydrogen-bond donors (Lipinski definition) is 1. The largest absolute Gasteiger partial charge is 0.491 e. The number of halogens is 1. The lowest BCUT2D eigenvalue weighted by molar-refractivity contribution is -0.156. The van der Waals surface area contributed by atoms with Crippen LogP contribution in [0.4, 0.5) is 0 Å². The predicted molar refractivity (Wildman–Crippen MR) is 113 cm³/mol. The molecule has 0 bridgehead atoms. The van der Waals surface area contributed by atoms with Crippen molar-refractivity contribution in [1.29, 1.82) is 0 Å². The molecule has 27 heavy (non-hydrogen) atoms. The third-order valence-corrected chi connectivity index (χ3v) is 4.93. The number of nitrogens with one attached hydrogen (secondary N) is 1. The zero-order chi connectivity index (χ0) is 19.6. The van der Waals surface area contributed by atoms with Gasteiger partial charge in [0.2, 0.25) is 5.56 Å². The Bertz CT molecular complexity index is 761. The van der Waals surface area contributed by atoms with Crippen LogP contribution in [0.1, 0.15) is 58.1 Å². The van der Waals surface area contributed by atoms with Crippen molar-refractivity contribution in [3.63, 3.8) is 0 Å². The van der Waals surface area contributed by atoms with E-state index in [-0.39, 0.29) is 18.0 Å². The van der Waals surface area contributed by atoms with Gasteiger partial charge in [-0.15, -0.1) is 0 Å². The van der Waals surface area contributed by atoms with E-state index in [0.29, 0.717) is 29.8 Å². The predicted octanol–water partition coefficient (Wildman–Crippen LogP) is 5.32. The zero-order valence-electron chi connectivity index (χ0n) is 16.4. The molecule has 0 aliphatic heterocycles.